The number of hydrogen-bond acceptors (Lipinski definition) is 3. The van der Waals surface area contributed by atoms with Crippen molar-refractivity contribution in [3.8, 4) is 11.4 Å². The van der Waals surface area contributed by atoms with E-state index in [0.717, 1.165) is 23.4 Å². The van der Waals surface area contributed by atoms with Crippen molar-refractivity contribution < 1.29 is 4.79 Å². The predicted octanol–water partition coefficient (Wildman–Crippen LogP) is 2.97. The Morgan fingerprint density at radius 3 is 2.67 bits per heavy atom. The van der Waals surface area contributed by atoms with Crippen LogP contribution in [-0.2, 0) is 6.54 Å². The Bertz CT molecular complexity index is 878. The van der Waals surface area contributed by atoms with E-state index >= 15 is 0 Å². The number of amides is 1. The van der Waals surface area contributed by atoms with Crippen LogP contribution in [0, 0.1) is 0 Å². The third kappa shape index (κ3) is 2.78. The van der Waals surface area contributed by atoms with Crippen LogP contribution >= 0.6 is 0 Å². The number of aromatic nitrogens is 2. The van der Waals surface area contributed by atoms with Gasteiger partial charge in [-0.25, -0.2) is 4.98 Å². The maximum absolute atomic E-state index is 11.5. The predicted molar refractivity (Wildman–Crippen MR) is 94.5 cm³/mol. The molecule has 4 N–H and O–H groups in total. The highest BCUT2D eigenvalue weighted by Crippen LogP contribution is 2.23. The summed E-state index contributed by atoms with van der Waals surface area (Å²) in [6.07, 6.45) is 3.93. The van der Waals surface area contributed by atoms with E-state index in [4.69, 9.17) is 5.73 Å². The van der Waals surface area contributed by atoms with Crippen LogP contribution in [0.1, 0.15) is 35.2 Å². The molecule has 4 rings (SSSR count). The highest BCUT2D eigenvalue weighted by Gasteiger charge is 2.16. The first-order valence-corrected chi connectivity index (χ1v) is 8.32. The van der Waals surface area contributed by atoms with Crippen molar-refractivity contribution in [1.82, 2.24) is 15.3 Å². The Morgan fingerprint density at radius 2 is 2.00 bits per heavy atom. The molecular formula is C19H20N4O. The average molecular weight is 320 g/mol. The maximum atomic E-state index is 11.5. The standard InChI is InChI=1S/C19H20N4O/c20-18(24)15-5-2-6-16-17(15)23-19(22-16)13-9-7-12(8-10-13)11-21-14-3-1-4-14/h2,5-10,14,21H,1,3-4,11H2,(H2,20,24)(H,22,23). The molecule has 0 saturated heterocycles. The summed E-state index contributed by atoms with van der Waals surface area (Å²) in [7, 11) is 0. The van der Waals surface area contributed by atoms with Crippen LogP contribution in [0.5, 0.6) is 0 Å². The summed E-state index contributed by atoms with van der Waals surface area (Å²) in [4.78, 5) is 19.3. The second-order valence-corrected chi connectivity index (χ2v) is 6.36. The molecule has 0 spiro atoms. The van der Waals surface area contributed by atoms with Gasteiger partial charge in [0.15, 0.2) is 0 Å². The van der Waals surface area contributed by atoms with Crippen LogP contribution in [0.3, 0.4) is 0 Å². The molecule has 2 aromatic carbocycles. The molecule has 1 amide bonds. The van der Waals surface area contributed by atoms with Gasteiger partial charge in [-0.3, -0.25) is 4.79 Å². The fraction of sp³-hybridized carbons (Fsp3) is 0.263. The van der Waals surface area contributed by atoms with Gasteiger partial charge in [0.25, 0.3) is 5.91 Å². The van der Waals surface area contributed by atoms with Crippen molar-refractivity contribution in [2.24, 2.45) is 5.73 Å². The van der Waals surface area contributed by atoms with Gasteiger partial charge in [-0.1, -0.05) is 36.8 Å². The third-order valence-corrected chi connectivity index (χ3v) is 4.71. The molecule has 5 nitrogen and oxygen atoms in total. The molecule has 1 aliphatic carbocycles. The summed E-state index contributed by atoms with van der Waals surface area (Å²) in [5.41, 5.74) is 9.56. The van der Waals surface area contributed by atoms with E-state index in [0.29, 0.717) is 17.1 Å². The number of para-hydroxylation sites is 1. The van der Waals surface area contributed by atoms with E-state index in [1.54, 1.807) is 12.1 Å². The molecule has 0 atom stereocenters. The number of hydrogen-bond donors (Lipinski definition) is 3. The Kier molecular flexibility index (Phi) is 3.78. The molecule has 1 fully saturated rings. The fourth-order valence-electron chi connectivity index (χ4n) is 3.02. The van der Waals surface area contributed by atoms with E-state index in [9.17, 15) is 4.79 Å². The largest absolute Gasteiger partial charge is 0.366 e. The zero-order valence-corrected chi connectivity index (χ0v) is 13.4. The number of nitrogens with zero attached hydrogens (tertiary/aromatic N) is 1. The Hall–Kier alpha value is -2.66. The molecule has 5 heteroatoms. The third-order valence-electron chi connectivity index (χ3n) is 4.71. The molecule has 0 radical (unpaired) electrons. The monoisotopic (exact) mass is 320 g/mol. The van der Waals surface area contributed by atoms with Crippen LogP contribution in [0.4, 0.5) is 0 Å². The lowest BCUT2D eigenvalue weighted by Crippen LogP contribution is -2.34. The minimum atomic E-state index is -0.462. The Balaban J connectivity index is 1.57. The van der Waals surface area contributed by atoms with E-state index in [1.165, 1.54) is 24.8 Å². The summed E-state index contributed by atoms with van der Waals surface area (Å²) in [6, 6.07) is 14.4. The number of primary amides is 1. The number of carbonyl (C=O) groups is 1. The quantitative estimate of drug-likeness (QED) is 0.676. The van der Waals surface area contributed by atoms with E-state index < -0.39 is 5.91 Å². The number of imidazole rings is 1. The maximum Gasteiger partial charge on any atom is 0.250 e. The van der Waals surface area contributed by atoms with Crippen LogP contribution in [0.15, 0.2) is 42.5 Å². The van der Waals surface area contributed by atoms with Crippen LogP contribution in [0.2, 0.25) is 0 Å². The van der Waals surface area contributed by atoms with Gasteiger partial charge in [0.1, 0.15) is 11.3 Å². The van der Waals surface area contributed by atoms with Crippen LogP contribution in [-0.4, -0.2) is 21.9 Å². The van der Waals surface area contributed by atoms with Gasteiger partial charge in [-0.15, -0.1) is 0 Å². The van der Waals surface area contributed by atoms with Gasteiger partial charge in [-0.05, 0) is 30.5 Å². The minimum absolute atomic E-state index is 0.441. The Labute approximate surface area is 140 Å². The molecule has 0 bridgehead atoms. The van der Waals surface area contributed by atoms with Gasteiger partial charge in [-0.2, -0.15) is 0 Å². The van der Waals surface area contributed by atoms with Gasteiger partial charge in [0.05, 0.1) is 11.1 Å². The van der Waals surface area contributed by atoms with Crippen molar-refractivity contribution >= 4 is 16.9 Å². The number of fused-ring (bicyclic) bond motifs is 1. The van der Waals surface area contributed by atoms with Crippen molar-refractivity contribution in [3.63, 3.8) is 0 Å². The van der Waals surface area contributed by atoms with E-state index in [2.05, 4.69) is 39.6 Å². The second kappa shape index (κ2) is 6.09. The number of benzene rings is 2. The highest BCUT2D eigenvalue weighted by molar-refractivity contribution is 6.04. The molecule has 1 aliphatic rings. The summed E-state index contributed by atoms with van der Waals surface area (Å²) >= 11 is 0. The van der Waals surface area contributed by atoms with E-state index in [-0.39, 0.29) is 0 Å². The highest BCUT2D eigenvalue weighted by atomic mass is 16.1. The molecule has 122 valence electrons. The minimum Gasteiger partial charge on any atom is -0.366 e. The smallest absolute Gasteiger partial charge is 0.250 e. The number of nitrogens with one attached hydrogen (secondary N) is 2. The average Bonchev–Trinajstić information content (AvgIpc) is 2.97. The number of nitrogens with two attached hydrogens (primary N) is 1. The lowest BCUT2D eigenvalue weighted by Gasteiger charge is -2.26. The van der Waals surface area contributed by atoms with Crippen molar-refractivity contribution in [3.05, 3.63) is 53.6 Å². The van der Waals surface area contributed by atoms with Crippen molar-refractivity contribution in [2.45, 2.75) is 31.8 Å². The number of rotatable bonds is 5. The summed E-state index contributed by atoms with van der Waals surface area (Å²) < 4.78 is 0. The second-order valence-electron chi connectivity index (χ2n) is 6.36. The lowest BCUT2D eigenvalue weighted by atomic mass is 9.93. The van der Waals surface area contributed by atoms with Gasteiger partial charge in [0.2, 0.25) is 0 Å². The molecule has 1 heterocycles. The number of H-pyrrole nitrogens is 1. The normalized spacial score (nSPS) is 14.7. The SMILES string of the molecule is NC(=O)c1cccc2[nH]c(-c3ccc(CNC4CCC4)cc3)nc12. The van der Waals surface area contributed by atoms with Gasteiger partial charge in [0, 0.05) is 18.2 Å². The first kappa shape index (κ1) is 14.9. The number of aromatic amines is 1. The van der Waals surface area contributed by atoms with Crippen molar-refractivity contribution in [2.75, 3.05) is 0 Å². The van der Waals surface area contributed by atoms with Gasteiger partial charge < -0.3 is 16.0 Å². The fourth-order valence-corrected chi connectivity index (χ4v) is 3.02. The number of carbonyl (C=O) groups excluding carboxylic acids is 1. The molecule has 1 aromatic heterocycles. The molecule has 1 saturated carbocycles. The first-order chi connectivity index (χ1) is 11.7. The van der Waals surface area contributed by atoms with Gasteiger partial charge >= 0.3 is 0 Å². The van der Waals surface area contributed by atoms with Crippen molar-refractivity contribution in [1.29, 1.82) is 0 Å². The molecule has 24 heavy (non-hydrogen) atoms. The molecule has 0 unspecified atom stereocenters. The molecule has 3 aromatic rings. The summed E-state index contributed by atoms with van der Waals surface area (Å²) in [6.45, 7) is 0.900. The zero-order chi connectivity index (χ0) is 16.5. The summed E-state index contributed by atoms with van der Waals surface area (Å²) in [5.74, 6) is 0.285. The van der Waals surface area contributed by atoms with E-state index in [1.807, 2.05) is 6.07 Å². The Morgan fingerprint density at radius 1 is 1.21 bits per heavy atom. The van der Waals surface area contributed by atoms with Crippen LogP contribution in [0.25, 0.3) is 22.4 Å². The topological polar surface area (TPSA) is 83.8 Å². The molecular weight excluding hydrogens is 300 g/mol. The summed E-state index contributed by atoms with van der Waals surface area (Å²) in [5, 5.41) is 3.56. The van der Waals surface area contributed by atoms with Crippen LogP contribution < -0.4 is 11.1 Å². The lowest BCUT2D eigenvalue weighted by molar-refractivity contribution is 0.100. The first-order valence-electron chi connectivity index (χ1n) is 8.32. The zero-order valence-electron chi connectivity index (χ0n) is 13.4. The molecule has 0 aliphatic heterocycles.